The molecule has 11 heavy (non-hydrogen) atoms. The molecular weight excluding hydrogens is 158 g/mol. The summed E-state index contributed by atoms with van der Waals surface area (Å²) in [4.78, 5) is 2.37. The molecule has 2 nitrogen and oxygen atoms in total. The van der Waals surface area contributed by atoms with E-state index in [9.17, 15) is 0 Å². The van der Waals surface area contributed by atoms with Gasteiger partial charge in [0.1, 0.15) is 0 Å². The SMILES string of the molecule is OCC1CCCN1CCCS. The highest BCUT2D eigenvalue weighted by Gasteiger charge is 2.22. The van der Waals surface area contributed by atoms with E-state index >= 15 is 0 Å². The normalized spacial score (nSPS) is 26.2. The zero-order valence-corrected chi connectivity index (χ0v) is 7.76. The summed E-state index contributed by atoms with van der Waals surface area (Å²) in [6.45, 7) is 2.60. The molecule has 0 amide bonds. The molecule has 1 heterocycles. The third-order valence-corrected chi connectivity index (χ3v) is 2.63. The quantitative estimate of drug-likeness (QED) is 0.616. The Balaban J connectivity index is 2.20. The first kappa shape index (κ1) is 9.36. The molecule has 1 fully saturated rings. The van der Waals surface area contributed by atoms with Crippen LogP contribution in [-0.4, -0.2) is 41.5 Å². The van der Waals surface area contributed by atoms with Crippen LogP contribution in [0.5, 0.6) is 0 Å². The van der Waals surface area contributed by atoms with Crippen LogP contribution in [0.25, 0.3) is 0 Å². The summed E-state index contributed by atoms with van der Waals surface area (Å²) >= 11 is 4.16. The van der Waals surface area contributed by atoms with Crippen LogP contribution in [0.3, 0.4) is 0 Å². The van der Waals surface area contributed by atoms with Gasteiger partial charge in [-0.3, -0.25) is 4.90 Å². The van der Waals surface area contributed by atoms with Gasteiger partial charge in [0.15, 0.2) is 0 Å². The van der Waals surface area contributed by atoms with Crippen LogP contribution in [0.2, 0.25) is 0 Å². The Morgan fingerprint density at radius 3 is 3.00 bits per heavy atom. The van der Waals surface area contributed by atoms with E-state index in [1.807, 2.05) is 0 Å². The number of aliphatic hydroxyl groups is 1. The lowest BCUT2D eigenvalue weighted by Crippen LogP contribution is -2.33. The highest BCUT2D eigenvalue weighted by molar-refractivity contribution is 7.80. The Bertz CT molecular complexity index is 110. The Labute approximate surface area is 74.0 Å². The van der Waals surface area contributed by atoms with Crippen molar-refractivity contribution >= 4 is 12.6 Å². The summed E-state index contributed by atoms with van der Waals surface area (Å²) in [5.41, 5.74) is 0. The Morgan fingerprint density at radius 1 is 1.55 bits per heavy atom. The lowest BCUT2D eigenvalue weighted by Gasteiger charge is -2.21. The molecule has 1 aliphatic heterocycles. The molecule has 0 spiro atoms. The standard InChI is InChI=1S/C8H17NOS/c10-7-8-3-1-4-9(8)5-2-6-11/h8,10-11H,1-7H2. The van der Waals surface area contributed by atoms with Crippen molar-refractivity contribution in [3.05, 3.63) is 0 Å². The lowest BCUT2D eigenvalue weighted by atomic mass is 10.2. The molecule has 1 saturated heterocycles. The summed E-state index contributed by atoms with van der Waals surface area (Å²) in [5.74, 6) is 0.953. The first-order chi connectivity index (χ1) is 5.38. The van der Waals surface area contributed by atoms with E-state index in [4.69, 9.17) is 5.11 Å². The van der Waals surface area contributed by atoms with Gasteiger partial charge in [-0.2, -0.15) is 12.6 Å². The fourth-order valence-corrected chi connectivity index (χ4v) is 1.81. The minimum absolute atomic E-state index is 0.326. The van der Waals surface area contributed by atoms with Crippen molar-refractivity contribution in [2.45, 2.75) is 25.3 Å². The van der Waals surface area contributed by atoms with E-state index in [1.54, 1.807) is 0 Å². The maximum atomic E-state index is 8.98. The molecule has 0 radical (unpaired) electrons. The molecule has 1 rings (SSSR count). The maximum absolute atomic E-state index is 8.98. The van der Waals surface area contributed by atoms with Crippen LogP contribution in [0.4, 0.5) is 0 Å². The van der Waals surface area contributed by atoms with Crippen LogP contribution in [0, 0.1) is 0 Å². The smallest absolute Gasteiger partial charge is 0.0586 e. The van der Waals surface area contributed by atoms with Crippen LogP contribution in [-0.2, 0) is 0 Å². The highest BCUT2D eigenvalue weighted by atomic mass is 32.1. The van der Waals surface area contributed by atoms with E-state index in [0.717, 1.165) is 18.7 Å². The van der Waals surface area contributed by atoms with Crippen molar-refractivity contribution in [3.63, 3.8) is 0 Å². The Kier molecular flexibility index (Phi) is 4.26. The molecule has 0 aliphatic carbocycles. The molecule has 3 heteroatoms. The first-order valence-electron chi connectivity index (χ1n) is 4.34. The highest BCUT2D eigenvalue weighted by Crippen LogP contribution is 2.16. The zero-order chi connectivity index (χ0) is 8.10. The molecule has 0 aromatic heterocycles. The molecule has 1 N–H and O–H groups in total. The van der Waals surface area contributed by atoms with Crippen LogP contribution in [0.15, 0.2) is 0 Å². The largest absolute Gasteiger partial charge is 0.395 e. The second kappa shape index (κ2) is 5.01. The minimum Gasteiger partial charge on any atom is -0.395 e. The Hall–Kier alpha value is 0.270. The van der Waals surface area contributed by atoms with Crippen LogP contribution >= 0.6 is 12.6 Å². The first-order valence-corrected chi connectivity index (χ1v) is 4.97. The topological polar surface area (TPSA) is 23.5 Å². The average Bonchev–Trinajstić information content (AvgIpc) is 2.47. The summed E-state index contributed by atoms with van der Waals surface area (Å²) in [7, 11) is 0. The minimum atomic E-state index is 0.326. The van der Waals surface area contributed by atoms with Crippen LogP contribution < -0.4 is 0 Å². The van der Waals surface area contributed by atoms with E-state index in [-0.39, 0.29) is 0 Å². The van der Waals surface area contributed by atoms with Gasteiger partial charge in [-0.1, -0.05) is 0 Å². The van der Waals surface area contributed by atoms with Gasteiger partial charge in [-0.15, -0.1) is 0 Å². The van der Waals surface area contributed by atoms with Gasteiger partial charge in [0.25, 0.3) is 0 Å². The van der Waals surface area contributed by atoms with E-state index in [1.165, 1.54) is 19.4 Å². The molecule has 1 atom stereocenters. The third-order valence-electron chi connectivity index (χ3n) is 2.31. The predicted molar refractivity (Wildman–Crippen MR) is 50.2 cm³/mol. The van der Waals surface area contributed by atoms with Crippen LogP contribution in [0.1, 0.15) is 19.3 Å². The van der Waals surface area contributed by atoms with Gasteiger partial charge in [-0.25, -0.2) is 0 Å². The van der Waals surface area contributed by atoms with Crippen molar-refractivity contribution in [1.29, 1.82) is 0 Å². The molecule has 66 valence electrons. The molecule has 0 bridgehead atoms. The third kappa shape index (κ3) is 2.65. The number of rotatable bonds is 4. The molecule has 0 aromatic rings. The van der Waals surface area contributed by atoms with Gasteiger partial charge < -0.3 is 5.11 Å². The van der Waals surface area contributed by atoms with Gasteiger partial charge in [0, 0.05) is 6.04 Å². The lowest BCUT2D eigenvalue weighted by molar-refractivity contribution is 0.159. The number of thiol groups is 1. The van der Waals surface area contributed by atoms with Gasteiger partial charge in [0.2, 0.25) is 0 Å². The maximum Gasteiger partial charge on any atom is 0.0586 e. The molecule has 1 aliphatic rings. The van der Waals surface area contributed by atoms with Crippen molar-refractivity contribution < 1.29 is 5.11 Å². The monoisotopic (exact) mass is 175 g/mol. The van der Waals surface area contributed by atoms with E-state index in [2.05, 4.69) is 17.5 Å². The summed E-state index contributed by atoms with van der Waals surface area (Å²) in [5, 5.41) is 8.98. The summed E-state index contributed by atoms with van der Waals surface area (Å²) in [6, 6.07) is 0.440. The van der Waals surface area contributed by atoms with Crippen molar-refractivity contribution in [2.75, 3.05) is 25.4 Å². The number of hydrogen-bond acceptors (Lipinski definition) is 3. The van der Waals surface area contributed by atoms with Gasteiger partial charge in [-0.05, 0) is 38.1 Å². The van der Waals surface area contributed by atoms with Crippen molar-refractivity contribution in [2.24, 2.45) is 0 Å². The van der Waals surface area contributed by atoms with Crippen molar-refractivity contribution in [3.8, 4) is 0 Å². The fourth-order valence-electron chi connectivity index (χ4n) is 1.67. The van der Waals surface area contributed by atoms with Crippen molar-refractivity contribution in [1.82, 2.24) is 4.90 Å². The van der Waals surface area contributed by atoms with E-state index in [0.29, 0.717) is 12.6 Å². The number of hydrogen-bond donors (Lipinski definition) is 2. The number of aliphatic hydroxyl groups excluding tert-OH is 1. The zero-order valence-electron chi connectivity index (χ0n) is 6.87. The second-order valence-corrected chi connectivity index (χ2v) is 3.54. The number of likely N-dealkylation sites (tertiary alicyclic amines) is 1. The second-order valence-electron chi connectivity index (χ2n) is 3.09. The van der Waals surface area contributed by atoms with Gasteiger partial charge >= 0.3 is 0 Å². The number of nitrogens with zero attached hydrogens (tertiary/aromatic N) is 1. The Morgan fingerprint density at radius 2 is 2.36 bits per heavy atom. The van der Waals surface area contributed by atoms with E-state index < -0.39 is 0 Å². The molecule has 1 unspecified atom stereocenters. The van der Waals surface area contributed by atoms with Gasteiger partial charge in [0.05, 0.1) is 6.61 Å². The molecule has 0 saturated carbocycles. The molecule has 0 aromatic carbocycles. The predicted octanol–water partition coefficient (Wildman–Crippen LogP) is 0.763. The summed E-state index contributed by atoms with van der Waals surface area (Å²) < 4.78 is 0. The summed E-state index contributed by atoms with van der Waals surface area (Å²) in [6.07, 6.45) is 3.56. The fraction of sp³-hybridized carbons (Fsp3) is 1.00. The molecular formula is C8H17NOS. The average molecular weight is 175 g/mol.